The standard InChI is InChI=1S/C27H40NO7P/c1-5-6-7-8-20-16-23(29)25(22-15-19(4)9-10-21(22)18(2)3)24(17-20)34-26(30)27(11-12-27)35-36(31,32)33-14-13-28/h15-17,21-22,29H,2,5-14,28H2,1,3-4H3,(H,31,32)/t21-,22+/m0/s1. The lowest BCUT2D eigenvalue weighted by atomic mass is 9.73. The van der Waals surface area contributed by atoms with Gasteiger partial charge in [0, 0.05) is 18.0 Å². The molecule has 0 saturated heterocycles. The highest BCUT2D eigenvalue weighted by Gasteiger charge is 2.58. The van der Waals surface area contributed by atoms with Gasteiger partial charge in [0.2, 0.25) is 0 Å². The molecular weight excluding hydrogens is 481 g/mol. The fourth-order valence-electron chi connectivity index (χ4n) is 4.77. The van der Waals surface area contributed by atoms with Gasteiger partial charge < -0.3 is 20.5 Å². The second kappa shape index (κ2) is 12.1. The molecule has 1 aromatic rings. The van der Waals surface area contributed by atoms with Gasteiger partial charge in [0.15, 0.2) is 5.60 Å². The number of benzene rings is 1. The number of nitrogens with two attached hydrogens (primary N) is 1. The van der Waals surface area contributed by atoms with Crippen LogP contribution >= 0.6 is 7.82 Å². The molecule has 8 nitrogen and oxygen atoms in total. The Labute approximate surface area is 214 Å². The molecule has 0 radical (unpaired) electrons. The molecular formula is C27H40NO7P. The molecule has 0 aromatic heterocycles. The van der Waals surface area contributed by atoms with E-state index in [1.807, 2.05) is 6.92 Å². The van der Waals surface area contributed by atoms with Crippen LogP contribution in [0.2, 0.25) is 0 Å². The van der Waals surface area contributed by atoms with Crippen molar-refractivity contribution in [1.29, 1.82) is 0 Å². The minimum atomic E-state index is -4.48. The molecule has 1 unspecified atom stereocenters. The maximum absolute atomic E-state index is 13.3. The monoisotopic (exact) mass is 521 g/mol. The summed E-state index contributed by atoms with van der Waals surface area (Å²) in [5.74, 6) is -0.589. The van der Waals surface area contributed by atoms with Crippen molar-refractivity contribution in [2.24, 2.45) is 11.7 Å². The maximum Gasteiger partial charge on any atom is 0.473 e. The third kappa shape index (κ3) is 7.08. The van der Waals surface area contributed by atoms with Gasteiger partial charge in [-0.25, -0.2) is 9.36 Å². The quantitative estimate of drug-likeness (QED) is 0.0996. The van der Waals surface area contributed by atoms with Gasteiger partial charge in [-0.2, -0.15) is 0 Å². The third-order valence-electron chi connectivity index (χ3n) is 6.90. The number of carbonyl (C=O) groups excluding carboxylic acids is 1. The summed E-state index contributed by atoms with van der Waals surface area (Å²) < 4.78 is 28.2. The van der Waals surface area contributed by atoms with E-state index in [2.05, 4.69) is 26.5 Å². The Balaban J connectivity index is 1.96. The summed E-state index contributed by atoms with van der Waals surface area (Å²) in [5.41, 5.74) is 7.36. The van der Waals surface area contributed by atoms with Gasteiger partial charge >= 0.3 is 13.8 Å². The topological polar surface area (TPSA) is 128 Å². The van der Waals surface area contributed by atoms with Gasteiger partial charge in [-0.1, -0.05) is 43.6 Å². The van der Waals surface area contributed by atoms with Crippen LogP contribution in [0.1, 0.15) is 82.8 Å². The predicted octanol–water partition coefficient (Wildman–Crippen LogP) is 5.67. The Morgan fingerprint density at radius 3 is 2.64 bits per heavy atom. The highest BCUT2D eigenvalue weighted by molar-refractivity contribution is 7.47. The lowest BCUT2D eigenvalue weighted by Gasteiger charge is -2.32. The number of esters is 1. The molecule has 1 fully saturated rings. The molecule has 4 N–H and O–H groups in total. The van der Waals surface area contributed by atoms with Gasteiger partial charge in [-0.05, 0) is 76.0 Å². The summed E-state index contributed by atoms with van der Waals surface area (Å²) in [5, 5.41) is 11.2. The van der Waals surface area contributed by atoms with Gasteiger partial charge in [0.05, 0.1) is 6.61 Å². The van der Waals surface area contributed by atoms with Gasteiger partial charge in [-0.15, -0.1) is 0 Å². The maximum atomic E-state index is 13.3. The molecule has 2 aliphatic rings. The van der Waals surface area contributed by atoms with E-state index in [0.29, 0.717) is 5.56 Å². The minimum Gasteiger partial charge on any atom is -0.507 e. The SMILES string of the molecule is C=C(C)[C@@H]1CCC(C)=C[C@H]1c1c(O)cc(CCCCC)cc1OC(=O)C1(OP(=O)(O)OCCN)CC1. The van der Waals surface area contributed by atoms with Crippen LogP contribution in [0.15, 0.2) is 35.9 Å². The van der Waals surface area contributed by atoms with Crippen LogP contribution in [-0.4, -0.2) is 34.7 Å². The molecule has 2 aliphatic carbocycles. The Hall–Kier alpha value is -1.96. The van der Waals surface area contributed by atoms with Crippen molar-refractivity contribution in [2.75, 3.05) is 13.2 Å². The minimum absolute atomic E-state index is 0.0387. The number of phenolic OH excluding ortho intramolecular Hbond substituents is 1. The summed E-state index contributed by atoms with van der Waals surface area (Å²) in [6.45, 7) is 10.2. The molecule has 9 heteroatoms. The second-order valence-electron chi connectivity index (χ2n) is 10.1. The number of aryl methyl sites for hydroxylation is 1. The molecule has 0 spiro atoms. The highest BCUT2D eigenvalue weighted by atomic mass is 31.2. The van der Waals surface area contributed by atoms with Crippen LogP contribution in [0.5, 0.6) is 11.5 Å². The fraction of sp³-hybridized carbons (Fsp3) is 0.593. The van der Waals surface area contributed by atoms with Crippen LogP contribution in [-0.2, 0) is 24.8 Å². The van der Waals surface area contributed by atoms with Crippen LogP contribution in [0.4, 0.5) is 0 Å². The molecule has 200 valence electrons. The van der Waals surface area contributed by atoms with Crippen LogP contribution in [0.25, 0.3) is 0 Å². The number of hydrogen-bond acceptors (Lipinski definition) is 7. The van der Waals surface area contributed by atoms with Crippen molar-refractivity contribution >= 4 is 13.8 Å². The van der Waals surface area contributed by atoms with Crippen LogP contribution < -0.4 is 10.5 Å². The third-order valence-corrected chi connectivity index (χ3v) is 7.99. The number of unbranched alkanes of at least 4 members (excludes halogenated alkanes) is 2. The van der Waals surface area contributed by atoms with E-state index >= 15 is 0 Å². The van der Waals surface area contributed by atoms with Crippen molar-refractivity contribution in [3.8, 4) is 11.5 Å². The lowest BCUT2D eigenvalue weighted by molar-refractivity contribution is -0.145. The molecule has 0 heterocycles. The molecule has 3 atom stereocenters. The second-order valence-corrected chi connectivity index (χ2v) is 11.5. The van der Waals surface area contributed by atoms with E-state index < -0.39 is 19.4 Å². The van der Waals surface area contributed by atoms with Crippen LogP contribution in [0, 0.1) is 5.92 Å². The van der Waals surface area contributed by atoms with E-state index in [1.54, 1.807) is 12.1 Å². The molecule has 0 bridgehead atoms. The first-order chi connectivity index (χ1) is 17.0. The summed E-state index contributed by atoms with van der Waals surface area (Å²) in [6, 6.07) is 3.55. The van der Waals surface area contributed by atoms with Gasteiger partial charge in [-0.3, -0.25) is 9.05 Å². The number of aromatic hydroxyl groups is 1. The molecule has 36 heavy (non-hydrogen) atoms. The number of hydrogen-bond donors (Lipinski definition) is 3. The van der Waals surface area contributed by atoms with E-state index in [4.69, 9.17) is 19.5 Å². The predicted molar refractivity (Wildman–Crippen MR) is 139 cm³/mol. The molecule has 0 amide bonds. The van der Waals surface area contributed by atoms with Crippen molar-refractivity contribution < 1.29 is 33.1 Å². The number of phenols is 1. The number of phosphoric acid groups is 1. The Kier molecular flexibility index (Phi) is 9.58. The first kappa shape index (κ1) is 28.6. The molecule has 0 aliphatic heterocycles. The summed E-state index contributed by atoms with van der Waals surface area (Å²) in [7, 11) is -4.48. The molecule has 3 rings (SSSR count). The van der Waals surface area contributed by atoms with Gasteiger partial charge in [0.25, 0.3) is 0 Å². The number of carbonyl (C=O) groups is 1. The first-order valence-corrected chi connectivity index (χ1v) is 14.3. The fourth-order valence-corrected chi connectivity index (χ4v) is 5.86. The number of ether oxygens (including phenoxy) is 1. The molecule has 1 saturated carbocycles. The van der Waals surface area contributed by atoms with Crippen molar-refractivity contribution in [1.82, 2.24) is 0 Å². The summed E-state index contributed by atoms with van der Waals surface area (Å²) in [6.07, 6.45) is 8.18. The highest BCUT2D eigenvalue weighted by Crippen LogP contribution is 2.56. The Bertz CT molecular complexity index is 1050. The van der Waals surface area contributed by atoms with E-state index in [1.165, 1.54) is 5.57 Å². The first-order valence-electron chi connectivity index (χ1n) is 12.8. The Morgan fingerprint density at radius 1 is 1.31 bits per heavy atom. The van der Waals surface area contributed by atoms with Gasteiger partial charge in [0.1, 0.15) is 11.5 Å². The van der Waals surface area contributed by atoms with E-state index in [-0.39, 0.29) is 49.3 Å². The molecule has 1 aromatic carbocycles. The summed E-state index contributed by atoms with van der Waals surface area (Å²) in [4.78, 5) is 23.3. The number of phosphoric ester groups is 1. The Morgan fingerprint density at radius 2 is 2.03 bits per heavy atom. The number of allylic oxidation sites excluding steroid dienone is 3. The van der Waals surface area contributed by atoms with E-state index in [9.17, 15) is 19.4 Å². The van der Waals surface area contributed by atoms with Crippen molar-refractivity contribution in [3.63, 3.8) is 0 Å². The van der Waals surface area contributed by atoms with Crippen LogP contribution in [0.3, 0.4) is 0 Å². The average molecular weight is 522 g/mol. The van der Waals surface area contributed by atoms with Crippen molar-refractivity contribution in [3.05, 3.63) is 47.1 Å². The zero-order valence-electron chi connectivity index (χ0n) is 21.6. The smallest absolute Gasteiger partial charge is 0.473 e. The van der Waals surface area contributed by atoms with E-state index in [0.717, 1.165) is 49.7 Å². The lowest BCUT2D eigenvalue weighted by Crippen LogP contribution is -2.31. The average Bonchev–Trinajstić information content (AvgIpc) is 3.57. The summed E-state index contributed by atoms with van der Waals surface area (Å²) >= 11 is 0. The zero-order chi connectivity index (χ0) is 26.5. The largest absolute Gasteiger partial charge is 0.507 e. The normalized spacial score (nSPS) is 22.4. The van der Waals surface area contributed by atoms with Crippen molar-refractivity contribution in [2.45, 2.75) is 83.7 Å². The number of rotatable bonds is 13. The zero-order valence-corrected chi connectivity index (χ0v) is 22.5.